The molecule has 116 valence electrons. The lowest BCUT2D eigenvalue weighted by Gasteiger charge is -2.33. The first-order chi connectivity index (χ1) is 9.75. The third-order valence-corrected chi connectivity index (χ3v) is 4.07. The lowest BCUT2D eigenvalue weighted by Crippen LogP contribution is -2.44. The lowest BCUT2D eigenvalue weighted by molar-refractivity contribution is -0.384. The van der Waals surface area contributed by atoms with E-state index in [1.165, 1.54) is 12.8 Å². The fourth-order valence-corrected chi connectivity index (χ4v) is 3.01. The summed E-state index contributed by atoms with van der Waals surface area (Å²) in [6.45, 7) is 5.85. The molecule has 21 heavy (non-hydrogen) atoms. The van der Waals surface area contributed by atoms with Crippen molar-refractivity contribution in [2.24, 2.45) is 0 Å². The fraction of sp³-hybridized carbons (Fsp3) is 0.571. The number of anilines is 2. The minimum Gasteiger partial charge on any atom is -0.370 e. The first kappa shape index (κ1) is 15.9. The van der Waals surface area contributed by atoms with E-state index < -0.39 is 0 Å². The highest BCUT2D eigenvalue weighted by atomic mass is 35.5. The summed E-state index contributed by atoms with van der Waals surface area (Å²) in [4.78, 5) is 15.3. The number of hydrogen-bond donors (Lipinski definition) is 1. The number of benzene rings is 1. The zero-order valence-corrected chi connectivity index (χ0v) is 12.8. The van der Waals surface area contributed by atoms with Gasteiger partial charge in [-0.3, -0.25) is 10.1 Å². The third kappa shape index (κ3) is 3.39. The molecule has 0 amide bonds. The maximum absolute atomic E-state index is 11.0. The number of piperazine rings is 1. The first-order valence-corrected chi connectivity index (χ1v) is 7.25. The Morgan fingerprint density at radius 1 is 1.00 bits per heavy atom. The van der Waals surface area contributed by atoms with Crippen LogP contribution in [0.4, 0.5) is 17.1 Å². The second-order valence-electron chi connectivity index (χ2n) is 5.36. The molecule has 3 rings (SSSR count). The van der Waals surface area contributed by atoms with E-state index in [0.29, 0.717) is 0 Å². The Morgan fingerprint density at radius 2 is 1.62 bits per heavy atom. The van der Waals surface area contributed by atoms with Crippen molar-refractivity contribution >= 4 is 29.5 Å². The van der Waals surface area contributed by atoms with Gasteiger partial charge >= 0.3 is 0 Å². The van der Waals surface area contributed by atoms with Crippen LogP contribution in [0.15, 0.2) is 18.2 Å². The van der Waals surface area contributed by atoms with Crippen molar-refractivity contribution in [3.63, 3.8) is 0 Å². The lowest BCUT2D eigenvalue weighted by atomic mass is 10.2. The average Bonchev–Trinajstić information content (AvgIpc) is 3.01. The van der Waals surface area contributed by atoms with Crippen molar-refractivity contribution in [2.75, 3.05) is 49.1 Å². The molecule has 0 aliphatic carbocycles. The van der Waals surface area contributed by atoms with Crippen LogP contribution in [0.25, 0.3) is 0 Å². The predicted octanol–water partition coefficient (Wildman–Crippen LogP) is 2.03. The Kier molecular flexibility index (Phi) is 5.25. The average molecular weight is 313 g/mol. The molecule has 0 radical (unpaired) electrons. The molecule has 0 saturated carbocycles. The number of nitro groups is 1. The zero-order chi connectivity index (χ0) is 13.9. The number of nitrogens with one attached hydrogen (secondary N) is 1. The maximum Gasteiger partial charge on any atom is 0.271 e. The van der Waals surface area contributed by atoms with Gasteiger partial charge in [0.15, 0.2) is 0 Å². The molecule has 2 fully saturated rings. The summed E-state index contributed by atoms with van der Waals surface area (Å²) < 4.78 is 0. The van der Waals surface area contributed by atoms with Crippen LogP contribution in [0, 0.1) is 10.1 Å². The van der Waals surface area contributed by atoms with E-state index in [0.717, 1.165) is 50.6 Å². The van der Waals surface area contributed by atoms with Gasteiger partial charge in [0.05, 0.1) is 16.3 Å². The molecule has 2 aliphatic heterocycles. The summed E-state index contributed by atoms with van der Waals surface area (Å²) >= 11 is 0. The van der Waals surface area contributed by atoms with Gasteiger partial charge in [-0.2, -0.15) is 0 Å². The van der Waals surface area contributed by atoms with E-state index in [-0.39, 0.29) is 23.0 Å². The van der Waals surface area contributed by atoms with Gasteiger partial charge in [-0.05, 0) is 18.9 Å². The molecular formula is C14H21ClN4O2. The number of rotatable bonds is 3. The minimum atomic E-state index is -0.304. The maximum atomic E-state index is 11.0. The van der Waals surface area contributed by atoms with Crippen LogP contribution >= 0.6 is 12.4 Å². The standard InChI is InChI=1S/C14H20N4O2.ClH/c19-18(20)12-3-4-13(17-9-5-15-6-10-17)14(11-12)16-7-1-2-8-16;/h3-4,11,15H,1-2,5-10H2;1H. The molecule has 0 atom stereocenters. The topological polar surface area (TPSA) is 61.7 Å². The molecule has 1 N–H and O–H groups in total. The smallest absolute Gasteiger partial charge is 0.271 e. The Balaban J connectivity index is 0.00000161. The van der Waals surface area contributed by atoms with Crippen molar-refractivity contribution < 1.29 is 4.92 Å². The SMILES string of the molecule is Cl.O=[N+]([O-])c1ccc(N2CCNCC2)c(N2CCCC2)c1. The Morgan fingerprint density at radius 3 is 2.24 bits per heavy atom. The fourth-order valence-electron chi connectivity index (χ4n) is 3.01. The summed E-state index contributed by atoms with van der Waals surface area (Å²) in [5.74, 6) is 0. The number of non-ortho nitro benzene ring substituents is 1. The van der Waals surface area contributed by atoms with Crippen LogP contribution in [0.2, 0.25) is 0 Å². The third-order valence-electron chi connectivity index (χ3n) is 4.07. The van der Waals surface area contributed by atoms with E-state index >= 15 is 0 Å². The van der Waals surface area contributed by atoms with Crippen LogP contribution in [0.3, 0.4) is 0 Å². The van der Waals surface area contributed by atoms with Crippen LogP contribution in [0.5, 0.6) is 0 Å². The Hall–Kier alpha value is -1.53. The highest BCUT2D eigenvalue weighted by Crippen LogP contribution is 2.35. The predicted molar refractivity (Wildman–Crippen MR) is 86.9 cm³/mol. The second-order valence-corrected chi connectivity index (χ2v) is 5.36. The monoisotopic (exact) mass is 312 g/mol. The molecule has 0 bridgehead atoms. The van der Waals surface area contributed by atoms with Crippen molar-refractivity contribution in [3.05, 3.63) is 28.3 Å². The highest BCUT2D eigenvalue weighted by molar-refractivity contribution is 5.85. The minimum absolute atomic E-state index is 0. The molecule has 0 spiro atoms. The van der Waals surface area contributed by atoms with Gasteiger partial charge in [-0.15, -0.1) is 12.4 Å². The number of nitrogens with zero attached hydrogens (tertiary/aromatic N) is 3. The van der Waals surface area contributed by atoms with Crippen molar-refractivity contribution in [1.29, 1.82) is 0 Å². The van der Waals surface area contributed by atoms with Gasteiger partial charge in [0.2, 0.25) is 0 Å². The van der Waals surface area contributed by atoms with Gasteiger partial charge < -0.3 is 15.1 Å². The first-order valence-electron chi connectivity index (χ1n) is 7.25. The molecule has 2 aliphatic rings. The quantitative estimate of drug-likeness (QED) is 0.683. The highest BCUT2D eigenvalue weighted by Gasteiger charge is 2.22. The molecule has 1 aromatic rings. The molecule has 0 unspecified atom stereocenters. The molecule has 0 aromatic heterocycles. The van der Waals surface area contributed by atoms with Crippen molar-refractivity contribution in [1.82, 2.24) is 5.32 Å². The zero-order valence-electron chi connectivity index (χ0n) is 12.0. The molecular weight excluding hydrogens is 292 g/mol. The molecule has 7 heteroatoms. The number of hydrogen-bond acceptors (Lipinski definition) is 5. The van der Waals surface area contributed by atoms with Crippen molar-refractivity contribution in [2.45, 2.75) is 12.8 Å². The molecule has 2 saturated heterocycles. The van der Waals surface area contributed by atoms with E-state index in [1.807, 2.05) is 6.07 Å². The van der Waals surface area contributed by atoms with Gasteiger partial charge in [0.1, 0.15) is 0 Å². The van der Waals surface area contributed by atoms with E-state index in [1.54, 1.807) is 12.1 Å². The van der Waals surface area contributed by atoms with Crippen molar-refractivity contribution in [3.8, 4) is 0 Å². The van der Waals surface area contributed by atoms with Crippen LogP contribution in [-0.4, -0.2) is 44.2 Å². The number of nitro benzene ring substituents is 1. The van der Waals surface area contributed by atoms with E-state index in [2.05, 4.69) is 15.1 Å². The molecule has 6 nitrogen and oxygen atoms in total. The van der Waals surface area contributed by atoms with Gasteiger partial charge in [0.25, 0.3) is 5.69 Å². The largest absolute Gasteiger partial charge is 0.370 e. The Bertz CT molecular complexity index is 500. The summed E-state index contributed by atoms with van der Waals surface area (Å²) in [7, 11) is 0. The van der Waals surface area contributed by atoms with Crippen LogP contribution < -0.4 is 15.1 Å². The summed E-state index contributed by atoms with van der Waals surface area (Å²) in [5.41, 5.74) is 2.35. The summed E-state index contributed by atoms with van der Waals surface area (Å²) in [5, 5.41) is 14.4. The van der Waals surface area contributed by atoms with E-state index in [4.69, 9.17) is 0 Å². The second kappa shape index (κ2) is 6.95. The van der Waals surface area contributed by atoms with Gasteiger partial charge in [-0.1, -0.05) is 0 Å². The summed E-state index contributed by atoms with van der Waals surface area (Å²) in [6, 6.07) is 5.27. The van der Waals surface area contributed by atoms with Crippen LogP contribution in [0.1, 0.15) is 12.8 Å². The number of halogens is 1. The molecule has 2 heterocycles. The Labute approximate surface area is 130 Å². The van der Waals surface area contributed by atoms with Gasteiger partial charge in [0, 0.05) is 51.4 Å². The normalized spacial score (nSPS) is 18.5. The van der Waals surface area contributed by atoms with Crippen LogP contribution in [-0.2, 0) is 0 Å². The van der Waals surface area contributed by atoms with Gasteiger partial charge in [-0.25, -0.2) is 0 Å². The van der Waals surface area contributed by atoms with E-state index in [9.17, 15) is 10.1 Å². The summed E-state index contributed by atoms with van der Waals surface area (Å²) in [6.07, 6.45) is 2.34. The molecule has 1 aromatic carbocycles.